The molecule has 1 aliphatic heterocycles. The van der Waals surface area contributed by atoms with Crippen LogP contribution in [0.25, 0.3) is 0 Å². The summed E-state index contributed by atoms with van der Waals surface area (Å²) in [4.78, 5) is 40.0. The van der Waals surface area contributed by atoms with Crippen LogP contribution in [-0.2, 0) is 26.2 Å². The van der Waals surface area contributed by atoms with Gasteiger partial charge >= 0.3 is 0 Å². The third-order valence-corrected chi connectivity index (χ3v) is 7.45. The van der Waals surface area contributed by atoms with Crippen molar-refractivity contribution in [2.45, 2.75) is 51.1 Å². The van der Waals surface area contributed by atoms with E-state index in [0.29, 0.717) is 10.8 Å². The SMILES string of the molecule is CCCCNC(=O)C(C)N(Cc1ccc(C)cc1)C(=O)CN1C(=O)c2ccccc2S1(=O)=O. The van der Waals surface area contributed by atoms with Crippen LogP contribution in [0.2, 0.25) is 0 Å². The Morgan fingerprint density at radius 2 is 1.76 bits per heavy atom. The Morgan fingerprint density at radius 1 is 1.09 bits per heavy atom. The Labute approximate surface area is 194 Å². The standard InChI is InChI=1S/C24H29N3O5S/c1-4-5-14-25-23(29)18(3)26(15-19-12-10-17(2)11-13-19)22(28)16-27-24(30)20-8-6-7-9-21(20)33(27,31)32/h6-13,18H,4-5,14-16H2,1-3H3,(H,25,29). The van der Waals surface area contributed by atoms with Crippen LogP contribution in [0.5, 0.6) is 0 Å². The van der Waals surface area contributed by atoms with Crippen molar-refractivity contribution in [1.29, 1.82) is 0 Å². The molecule has 8 nitrogen and oxygen atoms in total. The largest absolute Gasteiger partial charge is 0.354 e. The minimum Gasteiger partial charge on any atom is -0.354 e. The number of nitrogens with one attached hydrogen (secondary N) is 1. The molecule has 3 rings (SSSR count). The monoisotopic (exact) mass is 471 g/mol. The van der Waals surface area contributed by atoms with Gasteiger partial charge in [-0.2, -0.15) is 0 Å². The number of nitrogens with zero attached hydrogens (tertiary/aromatic N) is 2. The van der Waals surface area contributed by atoms with Crippen molar-refractivity contribution in [3.05, 3.63) is 65.2 Å². The van der Waals surface area contributed by atoms with Crippen LogP contribution in [0.3, 0.4) is 0 Å². The third kappa shape index (κ3) is 5.24. The van der Waals surface area contributed by atoms with Gasteiger partial charge in [-0.3, -0.25) is 14.4 Å². The maximum absolute atomic E-state index is 13.3. The van der Waals surface area contributed by atoms with E-state index in [9.17, 15) is 22.8 Å². The molecule has 1 aliphatic rings. The number of aryl methyl sites for hydroxylation is 1. The fraction of sp³-hybridized carbons (Fsp3) is 0.375. The summed E-state index contributed by atoms with van der Waals surface area (Å²) in [6, 6.07) is 12.5. The molecule has 0 saturated heterocycles. The quantitative estimate of drug-likeness (QED) is 0.566. The first-order valence-corrected chi connectivity index (χ1v) is 12.4. The lowest BCUT2D eigenvalue weighted by Gasteiger charge is -2.30. The molecule has 1 atom stereocenters. The fourth-order valence-electron chi connectivity index (χ4n) is 3.61. The van der Waals surface area contributed by atoms with E-state index in [0.717, 1.165) is 24.0 Å². The van der Waals surface area contributed by atoms with E-state index in [1.807, 2.05) is 38.1 Å². The second kappa shape index (κ2) is 10.2. The van der Waals surface area contributed by atoms with Gasteiger partial charge in [-0.25, -0.2) is 12.7 Å². The normalized spacial score (nSPS) is 15.1. The molecule has 9 heteroatoms. The Bertz CT molecular complexity index is 1140. The highest BCUT2D eigenvalue weighted by atomic mass is 32.2. The third-order valence-electron chi connectivity index (χ3n) is 5.66. The summed E-state index contributed by atoms with van der Waals surface area (Å²) in [6.07, 6.45) is 1.72. The molecule has 1 N–H and O–H groups in total. The van der Waals surface area contributed by atoms with E-state index in [4.69, 9.17) is 0 Å². The lowest BCUT2D eigenvalue weighted by atomic mass is 10.1. The van der Waals surface area contributed by atoms with Crippen LogP contribution < -0.4 is 5.32 Å². The van der Waals surface area contributed by atoms with Gasteiger partial charge in [-0.05, 0) is 38.0 Å². The zero-order valence-corrected chi connectivity index (χ0v) is 19.9. The number of benzene rings is 2. The van der Waals surface area contributed by atoms with Gasteiger partial charge in [0.05, 0.1) is 5.56 Å². The molecule has 33 heavy (non-hydrogen) atoms. The Balaban J connectivity index is 1.85. The summed E-state index contributed by atoms with van der Waals surface area (Å²) in [5, 5.41) is 2.81. The molecule has 0 aromatic heterocycles. The Hall–Kier alpha value is -3.20. The van der Waals surface area contributed by atoms with Crippen LogP contribution in [-0.4, -0.2) is 54.5 Å². The van der Waals surface area contributed by atoms with Gasteiger partial charge in [0.15, 0.2) is 0 Å². The highest BCUT2D eigenvalue weighted by Crippen LogP contribution is 2.30. The van der Waals surface area contributed by atoms with E-state index in [1.165, 1.54) is 23.1 Å². The lowest BCUT2D eigenvalue weighted by molar-refractivity contribution is -0.140. The van der Waals surface area contributed by atoms with Crippen molar-refractivity contribution < 1.29 is 22.8 Å². The van der Waals surface area contributed by atoms with Crippen LogP contribution in [0.4, 0.5) is 0 Å². The molecule has 0 fully saturated rings. The second-order valence-corrected chi connectivity index (χ2v) is 9.97. The van der Waals surface area contributed by atoms with E-state index < -0.39 is 34.4 Å². The average Bonchev–Trinajstić information content (AvgIpc) is 2.99. The minimum atomic E-state index is -4.13. The van der Waals surface area contributed by atoms with Crippen molar-refractivity contribution in [1.82, 2.24) is 14.5 Å². The van der Waals surface area contributed by atoms with E-state index >= 15 is 0 Å². The summed E-state index contributed by atoms with van der Waals surface area (Å²) in [6.45, 7) is 5.47. The predicted molar refractivity (Wildman–Crippen MR) is 124 cm³/mol. The van der Waals surface area contributed by atoms with Crippen LogP contribution in [0.1, 0.15) is 48.2 Å². The molecule has 1 heterocycles. The second-order valence-electron chi connectivity index (χ2n) is 8.14. The highest BCUT2D eigenvalue weighted by Gasteiger charge is 2.43. The van der Waals surface area contributed by atoms with Crippen LogP contribution in [0.15, 0.2) is 53.4 Å². The molecular formula is C24H29N3O5S. The van der Waals surface area contributed by atoms with E-state index in [-0.39, 0.29) is 22.9 Å². The van der Waals surface area contributed by atoms with Gasteiger partial charge in [-0.1, -0.05) is 55.3 Å². The van der Waals surface area contributed by atoms with Crippen molar-refractivity contribution in [2.75, 3.05) is 13.1 Å². The average molecular weight is 472 g/mol. The number of fused-ring (bicyclic) bond motifs is 1. The number of carbonyl (C=O) groups is 3. The summed E-state index contributed by atoms with van der Waals surface area (Å²) in [5.74, 6) is -1.70. The number of hydrogen-bond acceptors (Lipinski definition) is 5. The minimum absolute atomic E-state index is 0.0424. The van der Waals surface area contributed by atoms with Gasteiger partial charge in [0.25, 0.3) is 15.9 Å². The van der Waals surface area contributed by atoms with Crippen LogP contribution in [0, 0.1) is 6.92 Å². The molecular weight excluding hydrogens is 442 g/mol. The van der Waals surface area contributed by atoms with Crippen LogP contribution >= 0.6 is 0 Å². The summed E-state index contributed by atoms with van der Waals surface area (Å²) < 4.78 is 26.4. The number of unbranched alkanes of at least 4 members (excludes halogenated alkanes) is 1. The van der Waals surface area contributed by atoms with Gasteiger partial charge in [0.2, 0.25) is 11.8 Å². The molecule has 1 unspecified atom stereocenters. The maximum Gasteiger partial charge on any atom is 0.269 e. The number of amides is 3. The number of carbonyl (C=O) groups excluding carboxylic acids is 3. The smallest absolute Gasteiger partial charge is 0.269 e. The van der Waals surface area contributed by atoms with E-state index in [2.05, 4.69) is 5.32 Å². The summed E-state index contributed by atoms with van der Waals surface area (Å²) >= 11 is 0. The van der Waals surface area contributed by atoms with E-state index in [1.54, 1.807) is 13.0 Å². The Morgan fingerprint density at radius 3 is 2.39 bits per heavy atom. The van der Waals surface area contributed by atoms with Gasteiger partial charge < -0.3 is 10.2 Å². The summed E-state index contributed by atoms with van der Waals surface area (Å²) in [7, 11) is -4.13. The molecule has 176 valence electrons. The highest BCUT2D eigenvalue weighted by molar-refractivity contribution is 7.90. The van der Waals surface area contributed by atoms with Gasteiger partial charge in [0, 0.05) is 13.1 Å². The predicted octanol–water partition coefficient (Wildman–Crippen LogP) is 2.47. The topological polar surface area (TPSA) is 104 Å². The molecule has 0 aliphatic carbocycles. The van der Waals surface area contributed by atoms with Crippen molar-refractivity contribution in [3.8, 4) is 0 Å². The summed E-state index contributed by atoms with van der Waals surface area (Å²) in [5.41, 5.74) is 1.88. The molecule has 2 aromatic carbocycles. The first kappa shape index (κ1) is 24.4. The molecule has 0 spiro atoms. The zero-order valence-electron chi connectivity index (χ0n) is 19.1. The number of hydrogen-bond donors (Lipinski definition) is 1. The van der Waals surface area contributed by atoms with Crippen molar-refractivity contribution in [2.24, 2.45) is 0 Å². The molecule has 0 saturated carbocycles. The molecule has 2 aromatic rings. The molecule has 0 radical (unpaired) electrons. The van der Waals surface area contributed by atoms with Gasteiger partial charge in [-0.15, -0.1) is 0 Å². The fourth-order valence-corrected chi connectivity index (χ4v) is 5.13. The zero-order chi connectivity index (χ0) is 24.2. The number of rotatable bonds is 9. The Kier molecular flexibility index (Phi) is 7.53. The van der Waals surface area contributed by atoms with Crippen molar-refractivity contribution >= 4 is 27.7 Å². The number of sulfonamides is 1. The molecule has 3 amide bonds. The maximum atomic E-state index is 13.3. The first-order chi connectivity index (χ1) is 15.7. The van der Waals surface area contributed by atoms with Gasteiger partial charge in [0.1, 0.15) is 17.5 Å². The molecule has 0 bridgehead atoms. The first-order valence-electron chi connectivity index (χ1n) is 11.0. The van der Waals surface area contributed by atoms with Crippen molar-refractivity contribution in [3.63, 3.8) is 0 Å². The lowest BCUT2D eigenvalue weighted by Crippen LogP contribution is -2.51.